The molecule has 0 unspecified atom stereocenters. The van der Waals surface area contributed by atoms with Crippen molar-refractivity contribution in [2.45, 2.75) is 25.7 Å². The molecule has 1 aliphatic rings. The van der Waals surface area contributed by atoms with Crippen LogP contribution in [0.5, 0.6) is 0 Å². The van der Waals surface area contributed by atoms with E-state index in [0.29, 0.717) is 6.54 Å². The van der Waals surface area contributed by atoms with E-state index in [1.165, 1.54) is 11.2 Å². The second-order valence-electron chi connectivity index (χ2n) is 5.65. The maximum atomic E-state index is 12.8. The number of aromatic nitrogens is 5. The Morgan fingerprint density at radius 1 is 1.29 bits per heavy atom. The number of fused-ring (bicyclic) bond motifs is 1. The fourth-order valence-electron chi connectivity index (χ4n) is 3.00. The predicted molar refractivity (Wildman–Crippen MR) is 89.3 cm³/mol. The third kappa shape index (κ3) is 2.80. The van der Waals surface area contributed by atoms with Crippen molar-refractivity contribution in [3.05, 3.63) is 52.4 Å². The van der Waals surface area contributed by atoms with Gasteiger partial charge in [0.05, 0.1) is 5.56 Å². The summed E-state index contributed by atoms with van der Waals surface area (Å²) >= 11 is 1.62. The number of amides is 1. The first kappa shape index (κ1) is 14.9. The quantitative estimate of drug-likeness (QED) is 0.762. The molecule has 0 aliphatic heterocycles. The van der Waals surface area contributed by atoms with Gasteiger partial charge in [-0.25, -0.2) is 0 Å². The van der Waals surface area contributed by atoms with E-state index in [1.807, 2.05) is 12.1 Å². The molecule has 3 aromatic rings. The van der Waals surface area contributed by atoms with Crippen LogP contribution in [0.1, 0.15) is 32.8 Å². The highest BCUT2D eigenvalue weighted by molar-refractivity contribution is 7.15. The largest absolute Gasteiger partial charge is 0.352 e. The fourth-order valence-corrected chi connectivity index (χ4v) is 4.30. The van der Waals surface area contributed by atoms with Crippen LogP contribution in [0.2, 0.25) is 0 Å². The van der Waals surface area contributed by atoms with Gasteiger partial charge in [0.2, 0.25) is 0 Å². The minimum absolute atomic E-state index is 0.0473. The van der Waals surface area contributed by atoms with E-state index >= 15 is 0 Å². The Hall–Kier alpha value is -2.61. The van der Waals surface area contributed by atoms with Crippen LogP contribution in [0.15, 0.2) is 30.9 Å². The van der Waals surface area contributed by atoms with Crippen molar-refractivity contribution in [3.8, 4) is 5.00 Å². The van der Waals surface area contributed by atoms with Crippen molar-refractivity contribution in [2.24, 2.45) is 0 Å². The number of hydrogen-bond acceptors (Lipinski definition) is 6. The van der Waals surface area contributed by atoms with Gasteiger partial charge < -0.3 is 5.32 Å². The van der Waals surface area contributed by atoms with Crippen LogP contribution in [-0.2, 0) is 19.3 Å². The second-order valence-corrected chi connectivity index (χ2v) is 6.74. The highest BCUT2D eigenvalue weighted by Crippen LogP contribution is 2.37. The molecular formula is C16H16N6OS. The van der Waals surface area contributed by atoms with Crippen molar-refractivity contribution in [3.63, 3.8) is 0 Å². The summed E-state index contributed by atoms with van der Waals surface area (Å²) in [5.41, 5.74) is 3.04. The fraction of sp³-hybridized carbons (Fsp3) is 0.312. The summed E-state index contributed by atoms with van der Waals surface area (Å²) < 4.78 is 1.58. The molecule has 1 aliphatic carbocycles. The summed E-state index contributed by atoms with van der Waals surface area (Å²) in [4.78, 5) is 18.1. The number of aryl methyl sites for hydroxylation is 1. The molecule has 0 fully saturated rings. The zero-order valence-electron chi connectivity index (χ0n) is 13.0. The molecule has 7 nitrogen and oxygen atoms in total. The van der Waals surface area contributed by atoms with Gasteiger partial charge in [-0.05, 0) is 59.4 Å². The summed E-state index contributed by atoms with van der Waals surface area (Å²) in [6.45, 7) is 0.586. The molecule has 0 atom stereocenters. The van der Waals surface area contributed by atoms with Crippen molar-refractivity contribution in [2.75, 3.05) is 6.54 Å². The molecule has 0 radical (unpaired) electrons. The van der Waals surface area contributed by atoms with Gasteiger partial charge in [0.25, 0.3) is 5.91 Å². The highest BCUT2D eigenvalue weighted by atomic mass is 32.1. The normalized spacial score (nSPS) is 13.0. The standard InChI is InChI=1S/C16H16N6OS/c23-15(18-9-6-11-4-7-17-8-5-11)14-12-2-1-3-13(12)24-16(14)22-10-19-20-21-22/h4-5,7-8,10H,1-3,6,9H2,(H,18,23). The number of carbonyl (C=O) groups excluding carboxylic acids is 1. The monoisotopic (exact) mass is 340 g/mol. The molecule has 0 bridgehead atoms. The first-order chi connectivity index (χ1) is 11.8. The van der Waals surface area contributed by atoms with Crippen molar-refractivity contribution in [1.82, 2.24) is 30.5 Å². The average molecular weight is 340 g/mol. The Kier molecular flexibility index (Phi) is 4.04. The van der Waals surface area contributed by atoms with Crippen LogP contribution >= 0.6 is 11.3 Å². The van der Waals surface area contributed by atoms with Crippen molar-refractivity contribution >= 4 is 17.2 Å². The summed E-state index contributed by atoms with van der Waals surface area (Å²) in [6, 6.07) is 3.92. The predicted octanol–water partition coefficient (Wildman–Crippen LogP) is 1.58. The maximum absolute atomic E-state index is 12.8. The Morgan fingerprint density at radius 2 is 2.17 bits per heavy atom. The molecule has 3 aromatic heterocycles. The van der Waals surface area contributed by atoms with Gasteiger partial charge in [-0.2, -0.15) is 4.68 Å². The van der Waals surface area contributed by atoms with Crippen LogP contribution in [0.25, 0.3) is 5.00 Å². The Balaban J connectivity index is 1.53. The third-order valence-corrected chi connectivity index (χ3v) is 5.42. The molecule has 122 valence electrons. The number of tetrazole rings is 1. The molecule has 0 aromatic carbocycles. The van der Waals surface area contributed by atoms with Gasteiger partial charge in [-0.3, -0.25) is 9.78 Å². The third-order valence-electron chi connectivity index (χ3n) is 4.14. The first-order valence-corrected chi connectivity index (χ1v) is 8.69. The van der Waals surface area contributed by atoms with E-state index in [0.717, 1.165) is 47.4 Å². The Morgan fingerprint density at radius 3 is 2.96 bits per heavy atom. The number of thiophene rings is 1. The van der Waals surface area contributed by atoms with E-state index in [-0.39, 0.29) is 5.91 Å². The SMILES string of the molecule is O=C(NCCc1ccncc1)c1c(-n2cnnn2)sc2c1CCC2. The van der Waals surface area contributed by atoms with Gasteiger partial charge in [0.1, 0.15) is 11.3 Å². The molecular weight excluding hydrogens is 324 g/mol. The summed E-state index contributed by atoms with van der Waals surface area (Å²) in [5.74, 6) is -0.0473. The van der Waals surface area contributed by atoms with E-state index in [9.17, 15) is 4.79 Å². The van der Waals surface area contributed by atoms with Crippen molar-refractivity contribution in [1.29, 1.82) is 0 Å². The molecule has 1 amide bonds. The van der Waals surface area contributed by atoms with Crippen LogP contribution < -0.4 is 5.32 Å². The molecule has 8 heteroatoms. The van der Waals surface area contributed by atoms with Crippen molar-refractivity contribution < 1.29 is 4.79 Å². The maximum Gasteiger partial charge on any atom is 0.254 e. The number of carbonyl (C=O) groups is 1. The van der Waals surface area contributed by atoms with Crippen LogP contribution in [0.3, 0.4) is 0 Å². The number of nitrogens with zero attached hydrogens (tertiary/aromatic N) is 5. The number of rotatable bonds is 5. The smallest absolute Gasteiger partial charge is 0.254 e. The van der Waals surface area contributed by atoms with Crippen LogP contribution in [0, 0.1) is 0 Å². The van der Waals surface area contributed by atoms with Gasteiger partial charge >= 0.3 is 0 Å². The summed E-state index contributed by atoms with van der Waals surface area (Å²) in [6.07, 6.45) is 8.92. The van der Waals surface area contributed by atoms with Gasteiger partial charge in [0, 0.05) is 23.8 Å². The second kappa shape index (κ2) is 6.48. The first-order valence-electron chi connectivity index (χ1n) is 7.88. The lowest BCUT2D eigenvalue weighted by molar-refractivity contribution is 0.0953. The highest BCUT2D eigenvalue weighted by Gasteiger charge is 2.27. The summed E-state index contributed by atoms with van der Waals surface area (Å²) in [5, 5.41) is 15.2. The molecule has 0 saturated carbocycles. The van der Waals surface area contributed by atoms with E-state index in [1.54, 1.807) is 28.4 Å². The lowest BCUT2D eigenvalue weighted by Gasteiger charge is -2.08. The number of pyridine rings is 1. The molecule has 3 heterocycles. The molecule has 4 rings (SSSR count). The molecule has 1 N–H and O–H groups in total. The minimum Gasteiger partial charge on any atom is -0.352 e. The van der Waals surface area contributed by atoms with E-state index < -0.39 is 0 Å². The average Bonchev–Trinajstić information content (AvgIpc) is 3.31. The minimum atomic E-state index is -0.0473. The zero-order valence-corrected chi connectivity index (χ0v) is 13.8. The molecule has 0 saturated heterocycles. The number of nitrogens with one attached hydrogen (secondary N) is 1. The summed E-state index contributed by atoms with van der Waals surface area (Å²) in [7, 11) is 0. The zero-order chi connectivity index (χ0) is 16.4. The lowest BCUT2D eigenvalue weighted by Crippen LogP contribution is -2.27. The molecule has 24 heavy (non-hydrogen) atoms. The van der Waals surface area contributed by atoms with Crippen LogP contribution in [-0.4, -0.2) is 37.6 Å². The van der Waals surface area contributed by atoms with Gasteiger partial charge in [0.15, 0.2) is 0 Å². The molecule has 0 spiro atoms. The Labute approximate surface area is 142 Å². The van der Waals surface area contributed by atoms with E-state index in [4.69, 9.17) is 0 Å². The van der Waals surface area contributed by atoms with Gasteiger partial charge in [-0.15, -0.1) is 16.4 Å². The lowest BCUT2D eigenvalue weighted by atomic mass is 10.1. The topological polar surface area (TPSA) is 85.6 Å². The van der Waals surface area contributed by atoms with Gasteiger partial charge in [-0.1, -0.05) is 0 Å². The van der Waals surface area contributed by atoms with E-state index in [2.05, 4.69) is 25.8 Å². The Bertz CT molecular complexity index is 843. The van der Waals surface area contributed by atoms with Crippen LogP contribution in [0.4, 0.5) is 0 Å². The number of hydrogen-bond donors (Lipinski definition) is 1.